The second-order valence-electron chi connectivity index (χ2n) is 2.60. The van der Waals surface area contributed by atoms with E-state index in [1.807, 2.05) is 0 Å². The van der Waals surface area contributed by atoms with Gasteiger partial charge in [0, 0.05) is 13.6 Å². The maximum absolute atomic E-state index is 8.62. The smallest absolute Gasteiger partial charge is 0.226 e. The Balaban J connectivity index is 2.95. The van der Waals surface area contributed by atoms with Crippen LogP contribution in [-0.2, 0) is 0 Å². The Kier molecular flexibility index (Phi) is 3.29. The van der Waals surface area contributed by atoms with Gasteiger partial charge in [-0.3, -0.25) is 0 Å². The van der Waals surface area contributed by atoms with E-state index < -0.39 is 0 Å². The third-order valence-electron chi connectivity index (χ3n) is 1.60. The topological polar surface area (TPSA) is 122 Å². The molecule has 0 radical (unpaired) electrons. The summed E-state index contributed by atoms with van der Waals surface area (Å²) >= 11 is 0. The molecule has 78 valence electrons. The molecule has 0 bridgehead atoms. The summed E-state index contributed by atoms with van der Waals surface area (Å²) in [5.41, 5.74) is 11.5. The van der Waals surface area contributed by atoms with Crippen LogP contribution in [0.1, 0.15) is 0 Å². The molecule has 0 unspecified atom stereocenters. The number of nitrogens with one attached hydrogen (secondary N) is 2. The molecule has 1 heterocycles. The van der Waals surface area contributed by atoms with Crippen molar-refractivity contribution in [2.24, 2.45) is 0 Å². The van der Waals surface area contributed by atoms with Crippen molar-refractivity contribution in [2.75, 3.05) is 42.3 Å². The molecule has 0 aromatic carbocycles. The lowest BCUT2D eigenvalue weighted by molar-refractivity contribution is 0.311. The lowest BCUT2D eigenvalue weighted by Crippen LogP contribution is -2.13. The fourth-order valence-corrected chi connectivity index (χ4v) is 0.908. The molecular formula is C7H14N6O. The number of hydrogen-bond acceptors (Lipinski definition) is 7. The van der Waals surface area contributed by atoms with E-state index in [9.17, 15) is 0 Å². The van der Waals surface area contributed by atoms with Gasteiger partial charge in [-0.05, 0) is 0 Å². The Morgan fingerprint density at radius 3 is 2.64 bits per heavy atom. The average molecular weight is 198 g/mol. The molecule has 0 atom stereocenters. The van der Waals surface area contributed by atoms with Crippen LogP contribution in [0.3, 0.4) is 0 Å². The monoisotopic (exact) mass is 198 g/mol. The molecule has 7 N–H and O–H groups in total. The van der Waals surface area contributed by atoms with Crippen molar-refractivity contribution in [3.05, 3.63) is 0 Å². The molecule has 0 saturated carbocycles. The Morgan fingerprint density at radius 2 is 2.07 bits per heavy atom. The molecule has 1 aromatic heterocycles. The quantitative estimate of drug-likeness (QED) is 0.424. The van der Waals surface area contributed by atoms with Crippen molar-refractivity contribution >= 4 is 23.3 Å². The summed E-state index contributed by atoms with van der Waals surface area (Å²) in [4.78, 5) is 7.93. The van der Waals surface area contributed by atoms with E-state index in [0.29, 0.717) is 18.3 Å². The summed E-state index contributed by atoms with van der Waals surface area (Å²) in [7, 11) is 1.68. The molecule has 0 aliphatic carbocycles. The summed E-state index contributed by atoms with van der Waals surface area (Å²) in [5.74, 6) is 1.03. The van der Waals surface area contributed by atoms with Crippen LogP contribution in [0.15, 0.2) is 0 Å². The van der Waals surface area contributed by atoms with Crippen molar-refractivity contribution in [2.45, 2.75) is 0 Å². The Hall–Kier alpha value is -1.76. The van der Waals surface area contributed by atoms with Gasteiger partial charge in [0.25, 0.3) is 0 Å². The first-order valence-electron chi connectivity index (χ1n) is 4.14. The van der Waals surface area contributed by atoms with Crippen LogP contribution in [0.25, 0.3) is 0 Å². The van der Waals surface area contributed by atoms with Gasteiger partial charge in [-0.15, -0.1) is 0 Å². The Morgan fingerprint density at radius 1 is 1.36 bits per heavy atom. The highest BCUT2D eigenvalue weighted by atomic mass is 16.3. The van der Waals surface area contributed by atoms with Crippen molar-refractivity contribution < 1.29 is 5.11 Å². The molecule has 1 rings (SSSR count). The first kappa shape index (κ1) is 10.3. The molecule has 0 aliphatic heterocycles. The lowest BCUT2D eigenvalue weighted by Gasteiger charge is -2.10. The summed E-state index contributed by atoms with van der Waals surface area (Å²) in [6, 6.07) is 0. The van der Waals surface area contributed by atoms with Gasteiger partial charge in [-0.2, -0.15) is 9.97 Å². The average Bonchev–Trinajstić information content (AvgIpc) is 2.20. The first-order valence-corrected chi connectivity index (χ1v) is 4.14. The van der Waals surface area contributed by atoms with E-state index in [1.54, 1.807) is 7.05 Å². The minimum Gasteiger partial charge on any atom is -0.395 e. The lowest BCUT2D eigenvalue weighted by atomic mass is 10.4. The van der Waals surface area contributed by atoms with Gasteiger partial charge in [-0.25, -0.2) is 0 Å². The SMILES string of the molecule is CNc1nc(N)c(N)c(NCCO)n1. The molecule has 1 aromatic rings. The van der Waals surface area contributed by atoms with Crippen molar-refractivity contribution in [1.82, 2.24) is 9.97 Å². The van der Waals surface area contributed by atoms with Crippen LogP contribution in [0.5, 0.6) is 0 Å². The minimum atomic E-state index is -0.00175. The molecule has 0 spiro atoms. The Bertz CT molecular complexity index is 315. The van der Waals surface area contributed by atoms with Gasteiger partial charge in [-0.1, -0.05) is 0 Å². The van der Waals surface area contributed by atoms with Gasteiger partial charge >= 0.3 is 0 Å². The van der Waals surface area contributed by atoms with E-state index in [4.69, 9.17) is 16.6 Å². The fourth-order valence-electron chi connectivity index (χ4n) is 0.908. The van der Waals surface area contributed by atoms with E-state index in [0.717, 1.165) is 0 Å². The third-order valence-corrected chi connectivity index (χ3v) is 1.60. The highest BCUT2D eigenvalue weighted by Crippen LogP contribution is 2.22. The standard InChI is InChI=1S/C7H14N6O/c1-10-7-12-5(9)4(8)6(13-7)11-2-3-14/h14H,2-3,8H2,1H3,(H4,9,10,11,12,13). The summed E-state index contributed by atoms with van der Waals surface area (Å²) < 4.78 is 0. The third kappa shape index (κ3) is 2.13. The van der Waals surface area contributed by atoms with Crippen LogP contribution in [0, 0.1) is 0 Å². The zero-order chi connectivity index (χ0) is 10.6. The molecule has 0 saturated heterocycles. The highest BCUT2D eigenvalue weighted by Gasteiger charge is 2.07. The van der Waals surface area contributed by atoms with Gasteiger partial charge in [0.05, 0.1) is 6.61 Å². The molecule has 0 amide bonds. The Labute approximate surface area is 81.5 Å². The second-order valence-corrected chi connectivity index (χ2v) is 2.60. The number of nitrogens with zero attached hydrogens (tertiary/aromatic N) is 2. The van der Waals surface area contributed by atoms with Crippen molar-refractivity contribution in [3.8, 4) is 0 Å². The number of hydrogen-bond donors (Lipinski definition) is 5. The molecular weight excluding hydrogens is 184 g/mol. The van der Waals surface area contributed by atoms with Gasteiger partial charge in [0.1, 0.15) is 5.69 Å². The predicted molar refractivity (Wildman–Crippen MR) is 56.0 cm³/mol. The van der Waals surface area contributed by atoms with Gasteiger partial charge in [0.15, 0.2) is 11.6 Å². The predicted octanol–water partition coefficient (Wildman–Crippen LogP) is -0.913. The molecule has 7 heteroatoms. The molecule has 0 fully saturated rings. The normalized spacial score (nSPS) is 9.86. The fraction of sp³-hybridized carbons (Fsp3) is 0.429. The number of nitrogen functional groups attached to an aromatic ring is 2. The maximum Gasteiger partial charge on any atom is 0.226 e. The minimum absolute atomic E-state index is 0.00175. The van der Waals surface area contributed by atoms with Gasteiger partial charge < -0.3 is 27.2 Å². The van der Waals surface area contributed by atoms with Gasteiger partial charge in [0.2, 0.25) is 5.95 Å². The van der Waals surface area contributed by atoms with E-state index in [2.05, 4.69) is 20.6 Å². The van der Waals surface area contributed by atoms with Crippen LogP contribution in [0.2, 0.25) is 0 Å². The number of aromatic nitrogens is 2. The zero-order valence-electron chi connectivity index (χ0n) is 7.91. The number of aliphatic hydroxyl groups excluding tert-OH is 1. The van der Waals surface area contributed by atoms with Crippen molar-refractivity contribution in [3.63, 3.8) is 0 Å². The molecule has 7 nitrogen and oxygen atoms in total. The summed E-state index contributed by atoms with van der Waals surface area (Å²) in [5, 5.41) is 14.2. The van der Waals surface area contributed by atoms with Crippen LogP contribution < -0.4 is 22.1 Å². The zero-order valence-corrected chi connectivity index (χ0v) is 7.91. The largest absolute Gasteiger partial charge is 0.395 e. The van der Waals surface area contributed by atoms with E-state index in [1.165, 1.54) is 0 Å². The van der Waals surface area contributed by atoms with E-state index >= 15 is 0 Å². The van der Waals surface area contributed by atoms with Crippen LogP contribution in [-0.4, -0.2) is 35.3 Å². The second kappa shape index (κ2) is 4.47. The summed E-state index contributed by atoms with van der Waals surface area (Å²) in [6.45, 7) is 0.363. The van der Waals surface area contributed by atoms with Crippen LogP contribution in [0.4, 0.5) is 23.3 Å². The highest BCUT2D eigenvalue weighted by molar-refractivity contribution is 5.74. The molecule has 0 aliphatic rings. The van der Waals surface area contributed by atoms with Crippen LogP contribution >= 0.6 is 0 Å². The summed E-state index contributed by atoms with van der Waals surface area (Å²) in [6.07, 6.45) is 0. The molecule has 14 heavy (non-hydrogen) atoms. The number of nitrogens with two attached hydrogens (primary N) is 2. The van der Waals surface area contributed by atoms with Crippen molar-refractivity contribution in [1.29, 1.82) is 0 Å². The maximum atomic E-state index is 8.62. The van der Waals surface area contributed by atoms with E-state index in [-0.39, 0.29) is 18.1 Å². The number of anilines is 4. The number of aliphatic hydroxyl groups is 1. The number of rotatable bonds is 4. The first-order chi connectivity index (χ1) is 6.69.